The zero-order valence-corrected chi connectivity index (χ0v) is 7.56. The van der Waals surface area contributed by atoms with E-state index in [1.54, 1.807) is 0 Å². The Bertz CT molecular complexity index is 324. The van der Waals surface area contributed by atoms with Crippen molar-refractivity contribution >= 4 is 18.4 Å². The number of carboxylic acid groups (broad SMARTS) is 1. The molecule has 0 aliphatic carbocycles. The summed E-state index contributed by atoms with van der Waals surface area (Å²) < 4.78 is 4.88. The lowest BCUT2D eigenvalue weighted by Crippen LogP contribution is -2.23. The molecule has 1 aromatic heterocycles. The predicted molar refractivity (Wildman–Crippen MR) is 46.1 cm³/mol. The van der Waals surface area contributed by atoms with Crippen LogP contribution in [-0.4, -0.2) is 22.8 Å². The number of aromatic nitrogens is 1. The zero-order chi connectivity index (χ0) is 8.55. The van der Waals surface area contributed by atoms with Gasteiger partial charge in [0.15, 0.2) is 5.69 Å². The van der Waals surface area contributed by atoms with E-state index >= 15 is 0 Å². The van der Waals surface area contributed by atoms with Gasteiger partial charge in [0.1, 0.15) is 5.76 Å². The molecular formula is C7H9ClN2O3. The van der Waals surface area contributed by atoms with Crippen LogP contribution in [-0.2, 0) is 13.0 Å². The van der Waals surface area contributed by atoms with Crippen LogP contribution in [0.25, 0.3) is 0 Å². The molecule has 1 aliphatic rings. The Labute approximate surface area is 80.5 Å². The first-order chi connectivity index (χ1) is 5.79. The summed E-state index contributed by atoms with van der Waals surface area (Å²) in [5.74, 6) is -0.324. The van der Waals surface area contributed by atoms with Crippen LogP contribution < -0.4 is 5.32 Å². The summed E-state index contributed by atoms with van der Waals surface area (Å²) >= 11 is 0. The van der Waals surface area contributed by atoms with Crippen LogP contribution >= 0.6 is 12.4 Å². The van der Waals surface area contributed by atoms with Crippen molar-refractivity contribution in [3.8, 4) is 0 Å². The van der Waals surface area contributed by atoms with Gasteiger partial charge in [-0.25, -0.2) is 4.79 Å². The van der Waals surface area contributed by atoms with Gasteiger partial charge in [-0.3, -0.25) is 0 Å². The lowest BCUT2D eigenvalue weighted by atomic mass is 10.1. The molecule has 1 aliphatic heterocycles. The minimum atomic E-state index is -1.02. The molecule has 0 fully saturated rings. The minimum Gasteiger partial charge on any atom is -0.476 e. The Morgan fingerprint density at radius 2 is 2.38 bits per heavy atom. The van der Waals surface area contributed by atoms with Gasteiger partial charge in [0.2, 0.25) is 0 Å². The summed E-state index contributed by atoms with van der Waals surface area (Å²) in [5, 5.41) is 15.2. The first kappa shape index (κ1) is 10.0. The van der Waals surface area contributed by atoms with E-state index in [0.717, 1.165) is 13.0 Å². The van der Waals surface area contributed by atoms with E-state index < -0.39 is 5.97 Å². The Morgan fingerprint density at radius 3 is 3.08 bits per heavy atom. The van der Waals surface area contributed by atoms with Crippen LogP contribution in [0.5, 0.6) is 0 Å². The van der Waals surface area contributed by atoms with E-state index in [0.29, 0.717) is 17.9 Å². The Hall–Kier alpha value is -1.07. The molecule has 0 radical (unpaired) electrons. The normalized spacial score (nSPS) is 14.5. The maximum atomic E-state index is 10.6. The van der Waals surface area contributed by atoms with Crippen molar-refractivity contribution in [1.29, 1.82) is 0 Å². The molecular weight excluding hydrogens is 196 g/mol. The number of carbonyl (C=O) groups is 1. The second-order valence-corrected chi connectivity index (χ2v) is 2.66. The van der Waals surface area contributed by atoms with Gasteiger partial charge in [0, 0.05) is 25.1 Å². The van der Waals surface area contributed by atoms with Gasteiger partial charge in [-0.05, 0) is 0 Å². The second-order valence-electron chi connectivity index (χ2n) is 2.66. The number of halogens is 1. The van der Waals surface area contributed by atoms with Crippen molar-refractivity contribution < 1.29 is 14.4 Å². The smallest absolute Gasteiger partial charge is 0.358 e. The standard InChI is InChI=1S/C7H8N2O3.ClH/c10-7(11)6-4-3-8-2-1-5(4)12-9-6;/h8H,1-3H2,(H,10,11);1H. The topological polar surface area (TPSA) is 75.4 Å². The molecule has 2 heterocycles. The van der Waals surface area contributed by atoms with Gasteiger partial charge in [-0.2, -0.15) is 0 Å². The van der Waals surface area contributed by atoms with Crippen LogP contribution in [0.2, 0.25) is 0 Å². The van der Waals surface area contributed by atoms with Crippen molar-refractivity contribution in [2.75, 3.05) is 6.54 Å². The van der Waals surface area contributed by atoms with E-state index in [1.807, 2.05) is 0 Å². The summed E-state index contributed by atoms with van der Waals surface area (Å²) in [5.41, 5.74) is 0.728. The third kappa shape index (κ3) is 1.66. The molecule has 2 N–H and O–H groups in total. The van der Waals surface area contributed by atoms with Crippen molar-refractivity contribution in [1.82, 2.24) is 10.5 Å². The molecule has 0 aromatic carbocycles. The molecule has 0 spiro atoms. The lowest BCUT2D eigenvalue weighted by molar-refractivity contribution is 0.0684. The number of hydrogen-bond acceptors (Lipinski definition) is 4. The lowest BCUT2D eigenvalue weighted by Gasteiger charge is -2.09. The van der Waals surface area contributed by atoms with Crippen LogP contribution in [0.4, 0.5) is 0 Å². The van der Waals surface area contributed by atoms with Gasteiger partial charge in [-0.15, -0.1) is 12.4 Å². The maximum Gasteiger partial charge on any atom is 0.358 e. The van der Waals surface area contributed by atoms with Gasteiger partial charge in [0.25, 0.3) is 0 Å². The van der Waals surface area contributed by atoms with Crippen LogP contribution in [0.15, 0.2) is 4.52 Å². The zero-order valence-electron chi connectivity index (χ0n) is 6.74. The summed E-state index contributed by atoms with van der Waals surface area (Å²) in [6.45, 7) is 1.36. The molecule has 0 atom stereocenters. The highest BCUT2D eigenvalue weighted by molar-refractivity contribution is 5.87. The van der Waals surface area contributed by atoms with E-state index in [2.05, 4.69) is 10.5 Å². The van der Waals surface area contributed by atoms with Crippen molar-refractivity contribution in [2.45, 2.75) is 13.0 Å². The average molecular weight is 205 g/mol. The van der Waals surface area contributed by atoms with Crippen molar-refractivity contribution in [3.05, 3.63) is 17.0 Å². The molecule has 72 valence electrons. The van der Waals surface area contributed by atoms with Gasteiger partial charge in [-0.1, -0.05) is 5.16 Å². The van der Waals surface area contributed by atoms with Crippen molar-refractivity contribution in [2.24, 2.45) is 0 Å². The Morgan fingerprint density at radius 1 is 1.62 bits per heavy atom. The quantitative estimate of drug-likeness (QED) is 0.694. The molecule has 13 heavy (non-hydrogen) atoms. The molecule has 0 saturated heterocycles. The number of nitrogens with zero attached hydrogens (tertiary/aromatic N) is 1. The Kier molecular flexibility index (Phi) is 2.90. The van der Waals surface area contributed by atoms with Crippen molar-refractivity contribution in [3.63, 3.8) is 0 Å². The first-order valence-corrected chi connectivity index (χ1v) is 3.70. The second kappa shape index (κ2) is 3.76. The summed E-state index contributed by atoms with van der Waals surface area (Å²) in [4.78, 5) is 10.6. The van der Waals surface area contributed by atoms with E-state index in [1.165, 1.54) is 0 Å². The SMILES string of the molecule is Cl.O=C(O)c1noc2c1CNCC2. The highest BCUT2D eigenvalue weighted by Gasteiger charge is 2.22. The highest BCUT2D eigenvalue weighted by atomic mass is 35.5. The third-order valence-electron chi connectivity index (χ3n) is 1.90. The number of carboxylic acids is 1. The number of aromatic carboxylic acids is 1. The summed E-state index contributed by atoms with van der Waals surface area (Å²) in [6, 6.07) is 0. The highest BCUT2D eigenvalue weighted by Crippen LogP contribution is 2.17. The monoisotopic (exact) mass is 204 g/mol. The number of nitrogens with one attached hydrogen (secondary N) is 1. The van der Waals surface area contributed by atoms with Crippen LogP contribution in [0, 0.1) is 0 Å². The van der Waals surface area contributed by atoms with Crippen LogP contribution in [0.3, 0.4) is 0 Å². The summed E-state index contributed by atoms with van der Waals surface area (Å²) in [6.07, 6.45) is 0.718. The van der Waals surface area contributed by atoms with Gasteiger partial charge >= 0.3 is 5.97 Å². The fraction of sp³-hybridized carbons (Fsp3) is 0.429. The molecule has 1 aromatic rings. The van der Waals surface area contributed by atoms with Gasteiger partial charge in [0.05, 0.1) is 0 Å². The number of rotatable bonds is 1. The first-order valence-electron chi connectivity index (χ1n) is 3.70. The van der Waals surface area contributed by atoms with Crippen LogP contribution in [0.1, 0.15) is 21.8 Å². The van der Waals surface area contributed by atoms with E-state index in [9.17, 15) is 4.79 Å². The Balaban J connectivity index is 0.000000845. The third-order valence-corrected chi connectivity index (χ3v) is 1.90. The number of hydrogen-bond donors (Lipinski definition) is 2. The molecule has 0 bridgehead atoms. The van der Waals surface area contributed by atoms with E-state index in [-0.39, 0.29) is 18.1 Å². The molecule has 6 heteroatoms. The molecule has 0 unspecified atom stereocenters. The maximum absolute atomic E-state index is 10.6. The minimum absolute atomic E-state index is 0. The largest absolute Gasteiger partial charge is 0.476 e. The summed E-state index contributed by atoms with van der Waals surface area (Å²) in [7, 11) is 0. The fourth-order valence-electron chi connectivity index (χ4n) is 1.31. The molecule has 0 amide bonds. The average Bonchev–Trinajstić information content (AvgIpc) is 2.47. The number of fused-ring (bicyclic) bond motifs is 1. The predicted octanol–water partition coefficient (Wildman–Crippen LogP) is 0.440. The fourth-order valence-corrected chi connectivity index (χ4v) is 1.31. The molecule has 5 nitrogen and oxygen atoms in total. The van der Waals surface area contributed by atoms with Gasteiger partial charge < -0.3 is 14.9 Å². The molecule has 0 saturated carbocycles. The van der Waals surface area contributed by atoms with E-state index in [4.69, 9.17) is 9.63 Å². The molecule has 2 rings (SSSR count).